The first-order chi connectivity index (χ1) is 7.56. The molecule has 0 aromatic carbocycles. The monoisotopic (exact) mass is 220 g/mol. The van der Waals surface area contributed by atoms with Crippen LogP contribution in [0.5, 0.6) is 0 Å². The molecular formula is C15H24O. The van der Waals surface area contributed by atoms with Gasteiger partial charge in [-0.15, -0.1) is 6.58 Å². The molecule has 0 aromatic rings. The molecule has 0 heterocycles. The van der Waals surface area contributed by atoms with E-state index in [-0.39, 0.29) is 5.92 Å². The maximum Gasteiger partial charge on any atom is 0.140 e. The van der Waals surface area contributed by atoms with Crippen LogP contribution in [0.1, 0.15) is 46.5 Å². The van der Waals surface area contributed by atoms with Crippen LogP contribution >= 0.6 is 0 Å². The summed E-state index contributed by atoms with van der Waals surface area (Å²) in [4.78, 5) is 12.0. The normalized spacial score (nSPS) is 25.4. The van der Waals surface area contributed by atoms with Gasteiger partial charge in [-0.1, -0.05) is 31.6 Å². The van der Waals surface area contributed by atoms with Gasteiger partial charge in [0.2, 0.25) is 0 Å². The summed E-state index contributed by atoms with van der Waals surface area (Å²) in [6, 6.07) is 0. The standard InChI is InChI=1S/C15H24O/c1-5-6-7-15(16)14-10-13(11(2)3)9-8-12(14)4/h5,8,11,13-14H,1,6-7,9-10H2,2-4H3/t13?,14-/m0/s1. The molecule has 16 heavy (non-hydrogen) atoms. The van der Waals surface area contributed by atoms with Crippen LogP contribution in [0, 0.1) is 17.8 Å². The van der Waals surface area contributed by atoms with Crippen molar-refractivity contribution < 1.29 is 4.79 Å². The fraction of sp³-hybridized carbons (Fsp3) is 0.667. The minimum absolute atomic E-state index is 0.182. The zero-order valence-corrected chi connectivity index (χ0v) is 10.8. The zero-order valence-electron chi connectivity index (χ0n) is 10.8. The summed E-state index contributed by atoms with van der Waals surface area (Å²) in [5, 5.41) is 0. The van der Waals surface area contributed by atoms with E-state index >= 15 is 0 Å². The third-order valence-corrected chi connectivity index (χ3v) is 3.76. The van der Waals surface area contributed by atoms with Crippen molar-refractivity contribution in [2.45, 2.75) is 46.5 Å². The number of carbonyl (C=O) groups is 1. The average molecular weight is 220 g/mol. The Kier molecular flexibility index (Phi) is 4.98. The molecule has 0 N–H and O–H groups in total. The molecule has 0 aliphatic heterocycles. The molecule has 0 radical (unpaired) electrons. The number of hydrogen-bond acceptors (Lipinski definition) is 1. The fourth-order valence-electron chi connectivity index (χ4n) is 2.41. The highest BCUT2D eigenvalue weighted by atomic mass is 16.1. The van der Waals surface area contributed by atoms with Crippen molar-refractivity contribution in [2.24, 2.45) is 17.8 Å². The van der Waals surface area contributed by atoms with E-state index in [1.54, 1.807) is 0 Å². The second-order valence-electron chi connectivity index (χ2n) is 5.27. The minimum Gasteiger partial charge on any atom is -0.299 e. The van der Waals surface area contributed by atoms with Crippen molar-refractivity contribution in [3.05, 3.63) is 24.3 Å². The molecule has 1 rings (SSSR count). The van der Waals surface area contributed by atoms with Gasteiger partial charge in [0.05, 0.1) is 0 Å². The number of allylic oxidation sites excluding steroid dienone is 3. The van der Waals surface area contributed by atoms with E-state index in [1.807, 2.05) is 6.08 Å². The van der Waals surface area contributed by atoms with Crippen LogP contribution in [-0.4, -0.2) is 5.78 Å². The highest BCUT2D eigenvalue weighted by Gasteiger charge is 2.28. The highest BCUT2D eigenvalue weighted by Crippen LogP contribution is 2.34. The van der Waals surface area contributed by atoms with E-state index in [0.717, 1.165) is 19.3 Å². The van der Waals surface area contributed by atoms with Crippen molar-refractivity contribution >= 4 is 5.78 Å². The summed E-state index contributed by atoms with van der Waals surface area (Å²) in [7, 11) is 0. The Morgan fingerprint density at radius 2 is 2.31 bits per heavy atom. The molecule has 1 aliphatic rings. The lowest BCUT2D eigenvalue weighted by Gasteiger charge is -2.30. The summed E-state index contributed by atoms with van der Waals surface area (Å²) in [6.07, 6.45) is 7.77. The van der Waals surface area contributed by atoms with Crippen LogP contribution in [0.3, 0.4) is 0 Å². The Morgan fingerprint density at radius 1 is 1.62 bits per heavy atom. The molecule has 0 fully saturated rings. The zero-order chi connectivity index (χ0) is 12.1. The molecule has 1 heteroatoms. The van der Waals surface area contributed by atoms with Crippen molar-refractivity contribution in [3.8, 4) is 0 Å². The van der Waals surface area contributed by atoms with Gasteiger partial charge in [-0.2, -0.15) is 0 Å². The Bertz CT molecular complexity index is 286. The predicted octanol–water partition coefficient (Wildman–Crippen LogP) is 4.15. The number of Topliss-reactive ketones (excluding diaryl/α,β-unsaturated/α-hetero) is 1. The van der Waals surface area contributed by atoms with Gasteiger partial charge >= 0.3 is 0 Å². The van der Waals surface area contributed by atoms with Gasteiger partial charge in [0.1, 0.15) is 5.78 Å². The molecule has 1 nitrogen and oxygen atoms in total. The van der Waals surface area contributed by atoms with Gasteiger partial charge < -0.3 is 0 Å². The van der Waals surface area contributed by atoms with Crippen LogP contribution in [0.4, 0.5) is 0 Å². The van der Waals surface area contributed by atoms with Crippen LogP contribution < -0.4 is 0 Å². The molecule has 0 saturated heterocycles. The minimum atomic E-state index is 0.182. The van der Waals surface area contributed by atoms with Gasteiger partial charge in [0.15, 0.2) is 0 Å². The second-order valence-corrected chi connectivity index (χ2v) is 5.27. The molecule has 1 aliphatic carbocycles. The lowest BCUT2D eigenvalue weighted by molar-refractivity contribution is -0.122. The van der Waals surface area contributed by atoms with E-state index in [0.29, 0.717) is 24.0 Å². The number of ketones is 1. The Labute approximate surface area is 99.6 Å². The molecule has 0 aromatic heterocycles. The number of hydrogen-bond donors (Lipinski definition) is 0. The molecule has 0 spiro atoms. The van der Waals surface area contributed by atoms with Crippen LogP contribution in [-0.2, 0) is 4.79 Å². The third-order valence-electron chi connectivity index (χ3n) is 3.76. The van der Waals surface area contributed by atoms with Gasteiger partial charge in [-0.05, 0) is 38.0 Å². The molecule has 1 unspecified atom stereocenters. The predicted molar refractivity (Wildman–Crippen MR) is 69.2 cm³/mol. The van der Waals surface area contributed by atoms with Gasteiger partial charge in [-0.25, -0.2) is 0 Å². The third kappa shape index (κ3) is 3.33. The van der Waals surface area contributed by atoms with Crippen LogP contribution in [0.15, 0.2) is 24.3 Å². The second kappa shape index (κ2) is 6.03. The number of rotatable bonds is 5. The van der Waals surface area contributed by atoms with E-state index in [1.165, 1.54) is 5.57 Å². The largest absolute Gasteiger partial charge is 0.299 e. The Morgan fingerprint density at radius 3 is 2.88 bits per heavy atom. The van der Waals surface area contributed by atoms with Gasteiger partial charge in [0, 0.05) is 12.3 Å². The topological polar surface area (TPSA) is 17.1 Å². The maximum atomic E-state index is 12.0. The van der Waals surface area contributed by atoms with Gasteiger partial charge in [0.25, 0.3) is 0 Å². The first-order valence-electron chi connectivity index (χ1n) is 6.36. The summed E-state index contributed by atoms with van der Waals surface area (Å²) in [5.41, 5.74) is 1.28. The van der Waals surface area contributed by atoms with Crippen LogP contribution in [0.25, 0.3) is 0 Å². The smallest absolute Gasteiger partial charge is 0.140 e. The summed E-state index contributed by atoms with van der Waals surface area (Å²) in [6.45, 7) is 10.3. The van der Waals surface area contributed by atoms with Crippen molar-refractivity contribution in [1.29, 1.82) is 0 Å². The van der Waals surface area contributed by atoms with E-state index in [4.69, 9.17) is 0 Å². The lowest BCUT2D eigenvalue weighted by atomic mass is 9.74. The molecular weight excluding hydrogens is 196 g/mol. The molecule has 2 atom stereocenters. The molecule has 0 bridgehead atoms. The first kappa shape index (κ1) is 13.2. The number of carbonyl (C=O) groups excluding carboxylic acids is 1. The Hall–Kier alpha value is -0.850. The first-order valence-corrected chi connectivity index (χ1v) is 6.36. The van der Waals surface area contributed by atoms with E-state index in [2.05, 4.69) is 33.4 Å². The van der Waals surface area contributed by atoms with Crippen molar-refractivity contribution in [3.63, 3.8) is 0 Å². The molecule has 0 saturated carbocycles. The Balaban J connectivity index is 2.64. The fourth-order valence-corrected chi connectivity index (χ4v) is 2.41. The molecule has 0 amide bonds. The van der Waals surface area contributed by atoms with Crippen molar-refractivity contribution in [2.75, 3.05) is 0 Å². The average Bonchev–Trinajstić information content (AvgIpc) is 2.26. The highest BCUT2D eigenvalue weighted by molar-refractivity contribution is 5.83. The van der Waals surface area contributed by atoms with Crippen molar-refractivity contribution in [1.82, 2.24) is 0 Å². The van der Waals surface area contributed by atoms with Crippen LogP contribution in [0.2, 0.25) is 0 Å². The SMILES string of the molecule is C=CCCC(=O)[C@H]1CC(C(C)C)CC=C1C. The van der Waals surface area contributed by atoms with E-state index < -0.39 is 0 Å². The summed E-state index contributed by atoms with van der Waals surface area (Å²) in [5.74, 6) is 1.94. The quantitative estimate of drug-likeness (QED) is 0.636. The van der Waals surface area contributed by atoms with Gasteiger partial charge in [-0.3, -0.25) is 4.79 Å². The maximum absolute atomic E-state index is 12.0. The van der Waals surface area contributed by atoms with E-state index in [9.17, 15) is 4.79 Å². The summed E-state index contributed by atoms with van der Waals surface area (Å²) >= 11 is 0. The lowest BCUT2D eigenvalue weighted by Crippen LogP contribution is -2.25. The molecule has 90 valence electrons. The summed E-state index contributed by atoms with van der Waals surface area (Å²) < 4.78 is 0.